The first-order chi connectivity index (χ1) is 19.0. The molecule has 0 spiro atoms. The second-order valence-corrected chi connectivity index (χ2v) is 9.03. The molecule has 0 fully saturated rings. The maximum absolute atomic E-state index is 13.8. The van der Waals surface area contributed by atoms with Crippen molar-refractivity contribution >= 4 is 28.9 Å². The second kappa shape index (κ2) is 11.2. The predicted octanol–water partition coefficient (Wildman–Crippen LogP) is 6.01. The van der Waals surface area contributed by atoms with Gasteiger partial charge in [0.1, 0.15) is 30.0 Å². The van der Waals surface area contributed by atoms with Crippen molar-refractivity contribution in [3.8, 4) is 17.2 Å². The zero-order valence-electron chi connectivity index (χ0n) is 21.9. The first-order valence-electron chi connectivity index (χ1n) is 12.5. The van der Waals surface area contributed by atoms with Gasteiger partial charge in [-0.25, -0.2) is 0 Å². The van der Waals surface area contributed by atoms with Gasteiger partial charge in [-0.3, -0.25) is 14.5 Å². The number of hydrogen-bond acceptors (Lipinski definition) is 6. The number of para-hydroxylation sites is 2. The number of methoxy groups -OCH3 is 2. The van der Waals surface area contributed by atoms with Gasteiger partial charge in [0, 0.05) is 23.7 Å². The Kier molecular flexibility index (Phi) is 7.36. The Labute approximate surface area is 227 Å². The number of hydrogen-bond donors (Lipinski definition) is 2. The molecule has 2 N–H and O–H groups in total. The van der Waals surface area contributed by atoms with Gasteiger partial charge in [0.05, 0.1) is 25.6 Å². The van der Waals surface area contributed by atoms with Crippen molar-refractivity contribution in [3.63, 3.8) is 0 Å². The summed E-state index contributed by atoms with van der Waals surface area (Å²) in [7, 11) is 3.21. The number of benzene rings is 4. The van der Waals surface area contributed by atoms with E-state index in [1.807, 2.05) is 42.5 Å². The van der Waals surface area contributed by atoms with E-state index in [2.05, 4.69) is 10.6 Å². The number of rotatable bonds is 8. The van der Waals surface area contributed by atoms with Crippen LogP contribution in [0.1, 0.15) is 34.6 Å². The fourth-order valence-corrected chi connectivity index (χ4v) is 4.57. The van der Waals surface area contributed by atoms with Gasteiger partial charge >= 0.3 is 0 Å². The lowest BCUT2D eigenvalue weighted by Crippen LogP contribution is -2.34. The molecule has 0 saturated carbocycles. The molecule has 8 nitrogen and oxygen atoms in total. The fraction of sp³-hybridized carbons (Fsp3) is 0.161. The predicted molar refractivity (Wildman–Crippen MR) is 151 cm³/mol. The lowest BCUT2D eigenvalue weighted by Gasteiger charge is -2.26. The summed E-state index contributed by atoms with van der Waals surface area (Å²) >= 11 is 0. The maximum Gasteiger partial charge on any atom is 0.260 e. The Bertz CT molecular complexity index is 1490. The number of ether oxygens (including phenoxy) is 3. The normalized spacial score (nSPS) is 13.7. The van der Waals surface area contributed by atoms with Crippen LogP contribution in [0.4, 0.5) is 17.1 Å². The third-order valence-electron chi connectivity index (χ3n) is 6.46. The molecule has 0 aliphatic carbocycles. The summed E-state index contributed by atoms with van der Waals surface area (Å²) in [5.41, 5.74) is 4.64. The van der Waals surface area contributed by atoms with Crippen molar-refractivity contribution < 1.29 is 23.8 Å². The molecule has 2 amide bonds. The van der Waals surface area contributed by atoms with E-state index < -0.39 is 6.17 Å². The largest absolute Gasteiger partial charge is 0.497 e. The first-order valence-corrected chi connectivity index (χ1v) is 12.5. The Balaban J connectivity index is 1.42. The molecular weight excluding hydrogens is 494 g/mol. The molecule has 0 aromatic heterocycles. The summed E-state index contributed by atoms with van der Waals surface area (Å²) < 4.78 is 16.9. The van der Waals surface area contributed by atoms with E-state index in [-0.39, 0.29) is 18.4 Å². The minimum Gasteiger partial charge on any atom is -0.497 e. The van der Waals surface area contributed by atoms with Crippen LogP contribution in [-0.4, -0.2) is 26.0 Å². The molecule has 198 valence electrons. The highest BCUT2D eigenvalue weighted by molar-refractivity contribution is 6.10. The van der Waals surface area contributed by atoms with E-state index in [9.17, 15) is 9.59 Å². The van der Waals surface area contributed by atoms with Crippen molar-refractivity contribution in [3.05, 3.63) is 108 Å². The number of nitrogens with zero attached hydrogens (tertiary/aromatic N) is 1. The highest BCUT2D eigenvalue weighted by atomic mass is 16.5. The Morgan fingerprint density at radius 1 is 0.872 bits per heavy atom. The molecule has 8 heteroatoms. The Hall–Kier alpha value is -4.98. The van der Waals surface area contributed by atoms with Gasteiger partial charge in [-0.15, -0.1) is 0 Å². The van der Waals surface area contributed by atoms with Crippen LogP contribution in [-0.2, 0) is 11.4 Å². The summed E-state index contributed by atoms with van der Waals surface area (Å²) in [4.78, 5) is 26.8. The average molecular weight is 524 g/mol. The van der Waals surface area contributed by atoms with Crippen LogP contribution >= 0.6 is 0 Å². The molecular formula is C31H29N3O5. The van der Waals surface area contributed by atoms with Crippen LogP contribution in [0.5, 0.6) is 17.2 Å². The first kappa shape index (κ1) is 25.7. The van der Waals surface area contributed by atoms with Crippen LogP contribution < -0.4 is 29.7 Å². The number of nitrogens with one attached hydrogen (secondary N) is 2. The second-order valence-electron chi connectivity index (χ2n) is 9.03. The van der Waals surface area contributed by atoms with Gasteiger partial charge in [0.15, 0.2) is 0 Å². The molecule has 5 rings (SSSR count). The standard InChI is InChI=1S/C31H29N3O5/c1-20(35)32-24-11-15-26(16-12-24)39-19-23-18-22(10-17-29(23)38-3)30-33-27-6-4-5-7-28(27)34(30)31(36)21-8-13-25(37-2)14-9-21/h4-18,30,33H,19H2,1-3H3,(H,32,35). The summed E-state index contributed by atoms with van der Waals surface area (Å²) in [5.74, 6) is 1.75. The molecule has 0 radical (unpaired) electrons. The van der Waals surface area contributed by atoms with E-state index in [0.717, 1.165) is 22.5 Å². The lowest BCUT2D eigenvalue weighted by atomic mass is 10.1. The van der Waals surface area contributed by atoms with Crippen LogP contribution in [0.25, 0.3) is 0 Å². The zero-order chi connectivity index (χ0) is 27.4. The maximum atomic E-state index is 13.8. The minimum atomic E-state index is -0.432. The third kappa shape index (κ3) is 5.50. The zero-order valence-corrected chi connectivity index (χ0v) is 21.9. The van der Waals surface area contributed by atoms with E-state index in [1.165, 1.54) is 6.92 Å². The number of anilines is 3. The molecule has 0 saturated heterocycles. The molecule has 1 unspecified atom stereocenters. The summed E-state index contributed by atoms with van der Waals surface area (Å²) in [6.45, 7) is 1.72. The van der Waals surface area contributed by atoms with E-state index in [4.69, 9.17) is 14.2 Å². The number of carbonyl (C=O) groups excluding carboxylic acids is 2. The van der Waals surface area contributed by atoms with Crippen molar-refractivity contribution in [2.24, 2.45) is 0 Å². The van der Waals surface area contributed by atoms with Crippen molar-refractivity contribution in [2.75, 3.05) is 29.8 Å². The molecule has 4 aromatic carbocycles. The third-order valence-corrected chi connectivity index (χ3v) is 6.46. The number of amides is 2. The summed E-state index contributed by atoms with van der Waals surface area (Å²) in [6, 6.07) is 27.8. The molecule has 0 bridgehead atoms. The number of carbonyl (C=O) groups is 2. The Morgan fingerprint density at radius 3 is 2.28 bits per heavy atom. The van der Waals surface area contributed by atoms with Gasteiger partial charge in [-0.1, -0.05) is 18.2 Å². The van der Waals surface area contributed by atoms with Crippen LogP contribution in [0.2, 0.25) is 0 Å². The quantitative estimate of drug-likeness (QED) is 0.294. The van der Waals surface area contributed by atoms with Gasteiger partial charge < -0.3 is 24.8 Å². The summed E-state index contributed by atoms with van der Waals surface area (Å²) in [6.07, 6.45) is -0.432. The van der Waals surface area contributed by atoms with Crippen LogP contribution in [0.15, 0.2) is 91.0 Å². The molecule has 1 atom stereocenters. The average Bonchev–Trinajstić information content (AvgIpc) is 3.35. The SMILES string of the molecule is COc1ccc(C(=O)N2c3ccccc3NC2c2ccc(OC)c(COc3ccc(NC(C)=O)cc3)c2)cc1. The van der Waals surface area contributed by atoms with E-state index in [0.29, 0.717) is 28.5 Å². The summed E-state index contributed by atoms with van der Waals surface area (Å²) in [5, 5.41) is 6.24. The minimum absolute atomic E-state index is 0.131. The van der Waals surface area contributed by atoms with Gasteiger partial charge in [-0.2, -0.15) is 0 Å². The van der Waals surface area contributed by atoms with Gasteiger partial charge in [-0.05, 0) is 78.4 Å². The van der Waals surface area contributed by atoms with Crippen LogP contribution in [0, 0.1) is 0 Å². The molecule has 1 aliphatic rings. The van der Waals surface area contributed by atoms with Crippen molar-refractivity contribution in [2.45, 2.75) is 19.7 Å². The van der Waals surface area contributed by atoms with Crippen molar-refractivity contribution in [1.29, 1.82) is 0 Å². The molecule has 4 aromatic rings. The van der Waals surface area contributed by atoms with E-state index >= 15 is 0 Å². The van der Waals surface area contributed by atoms with Crippen LogP contribution in [0.3, 0.4) is 0 Å². The Morgan fingerprint density at radius 2 is 1.59 bits per heavy atom. The topological polar surface area (TPSA) is 89.1 Å². The van der Waals surface area contributed by atoms with Gasteiger partial charge in [0.25, 0.3) is 5.91 Å². The molecule has 1 aliphatic heterocycles. The molecule has 1 heterocycles. The number of fused-ring (bicyclic) bond motifs is 1. The van der Waals surface area contributed by atoms with Crippen molar-refractivity contribution in [1.82, 2.24) is 0 Å². The molecule has 39 heavy (non-hydrogen) atoms. The smallest absolute Gasteiger partial charge is 0.260 e. The monoisotopic (exact) mass is 523 g/mol. The fourth-order valence-electron chi connectivity index (χ4n) is 4.57. The van der Waals surface area contributed by atoms with Gasteiger partial charge in [0.2, 0.25) is 5.91 Å². The lowest BCUT2D eigenvalue weighted by molar-refractivity contribution is -0.114. The van der Waals surface area contributed by atoms with E-state index in [1.54, 1.807) is 67.7 Å². The highest BCUT2D eigenvalue weighted by Gasteiger charge is 2.35. The highest BCUT2D eigenvalue weighted by Crippen LogP contribution is 2.42.